The number of hydrogen-bond acceptors (Lipinski definition) is 1. The van der Waals surface area contributed by atoms with E-state index in [1.54, 1.807) is 0 Å². The summed E-state index contributed by atoms with van der Waals surface area (Å²) in [7, 11) is 0. The molecule has 0 aromatic heterocycles. The Balaban J connectivity index is 4.28. The molecule has 11 heavy (non-hydrogen) atoms. The molecule has 1 heteroatoms. The lowest BCUT2D eigenvalue weighted by Gasteiger charge is -2.24. The van der Waals surface area contributed by atoms with Crippen molar-refractivity contribution in [3.8, 4) is 0 Å². The van der Waals surface area contributed by atoms with Crippen LogP contribution in [0.15, 0.2) is 24.0 Å². The van der Waals surface area contributed by atoms with Crippen molar-refractivity contribution < 1.29 is 0 Å². The third kappa shape index (κ3) is 2.79. The first-order chi connectivity index (χ1) is 5.17. The van der Waals surface area contributed by atoms with Crippen LogP contribution in [0.2, 0.25) is 0 Å². The molecule has 0 unspecified atom stereocenters. The molecule has 0 aromatic carbocycles. The second kappa shape index (κ2) is 5.00. The molecule has 0 aliphatic heterocycles. The lowest BCUT2D eigenvalue weighted by Crippen LogP contribution is -2.19. The first-order valence-electron chi connectivity index (χ1n) is 4.25. The summed E-state index contributed by atoms with van der Waals surface area (Å²) < 4.78 is 0. The minimum Gasteiger partial charge on any atom is -0.350 e. The van der Waals surface area contributed by atoms with E-state index in [9.17, 15) is 0 Å². The van der Waals surface area contributed by atoms with Crippen molar-refractivity contribution in [2.24, 2.45) is 0 Å². The molecule has 0 saturated heterocycles. The van der Waals surface area contributed by atoms with Gasteiger partial charge in [-0.05, 0) is 27.2 Å². The zero-order chi connectivity index (χ0) is 8.85. The maximum absolute atomic E-state index is 4.00. The van der Waals surface area contributed by atoms with E-state index >= 15 is 0 Å². The van der Waals surface area contributed by atoms with E-state index < -0.39 is 0 Å². The van der Waals surface area contributed by atoms with E-state index in [0.29, 0.717) is 0 Å². The Kier molecular flexibility index (Phi) is 4.67. The van der Waals surface area contributed by atoms with Gasteiger partial charge in [-0.25, -0.2) is 0 Å². The van der Waals surface area contributed by atoms with E-state index in [1.165, 1.54) is 11.4 Å². The largest absolute Gasteiger partial charge is 0.350 e. The van der Waals surface area contributed by atoms with Crippen molar-refractivity contribution in [3.63, 3.8) is 0 Å². The highest BCUT2D eigenvalue weighted by molar-refractivity contribution is 5.06. The molecule has 1 nitrogen and oxygen atoms in total. The van der Waals surface area contributed by atoms with Gasteiger partial charge in [-0.15, -0.1) is 0 Å². The molecular formula is C10H19N. The minimum atomic E-state index is 1.02. The molecule has 0 heterocycles. The van der Waals surface area contributed by atoms with Crippen molar-refractivity contribution >= 4 is 0 Å². The summed E-state index contributed by atoms with van der Waals surface area (Å²) in [5, 5.41) is 0. The monoisotopic (exact) mass is 153 g/mol. The zero-order valence-electron chi connectivity index (χ0n) is 8.15. The maximum Gasteiger partial charge on any atom is 0.0196 e. The van der Waals surface area contributed by atoms with E-state index in [0.717, 1.165) is 13.0 Å². The van der Waals surface area contributed by atoms with Crippen LogP contribution in [0.3, 0.4) is 0 Å². The first-order valence-corrected chi connectivity index (χ1v) is 4.25. The van der Waals surface area contributed by atoms with Gasteiger partial charge in [0.15, 0.2) is 0 Å². The van der Waals surface area contributed by atoms with Crippen LogP contribution in [0.1, 0.15) is 34.1 Å². The molecule has 0 aliphatic carbocycles. The Hall–Kier alpha value is -0.720. The molecule has 0 fully saturated rings. The van der Waals surface area contributed by atoms with Crippen LogP contribution in [0.4, 0.5) is 0 Å². The highest BCUT2D eigenvalue weighted by Gasteiger charge is 2.03. The van der Waals surface area contributed by atoms with E-state index in [4.69, 9.17) is 0 Å². The number of allylic oxidation sites excluding steroid dienone is 3. The summed E-state index contributed by atoms with van der Waals surface area (Å²) in [5.41, 5.74) is 2.49. The van der Waals surface area contributed by atoms with Crippen molar-refractivity contribution in [2.75, 3.05) is 6.54 Å². The highest BCUT2D eigenvalue weighted by Crippen LogP contribution is 2.12. The van der Waals surface area contributed by atoms with Crippen LogP contribution >= 0.6 is 0 Å². The molecule has 0 radical (unpaired) electrons. The van der Waals surface area contributed by atoms with Crippen LogP contribution in [0.25, 0.3) is 0 Å². The van der Waals surface area contributed by atoms with Gasteiger partial charge in [0.2, 0.25) is 0 Å². The van der Waals surface area contributed by atoms with Gasteiger partial charge in [0.1, 0.15) is 0 Å². The van der Waals surface area contributed by atoms with Gasteiger partial charge in [0.05, 0.1) is 0 Å². The SMILES string of the molecule is C=C(CC)N(CC)C(C)=CC. The van der Waals surface area contributed by atoms with E-state index in [1.807, 2.05) is 0 Å². The molecule has 0 saturated carbocycles. The number of nitrogens with zero attached hydrogens (tertiary/aromatic N) is 1. The maximum atomic E-state index is 4.00. The summed E-state index contributed by atoms with van der Waals surface area (Å²) >= 11 is 0. The van der Waals surface area contributed by atoms with Crippen molar-refractivity contribution in [2.45, 2.75) is 34.1 Å². The molecule has 0 aliphatic rings. The fraction of sp³-hybridized carbons (Fsp3) is 0.600. The van der Waals surface area contributed by atoms with E-state index in [-0.39, 0.29) is 0 Å². The van der Waals surface area contributed by atoms with Crippen molar-refractivity contribution in [3.05, 3.63) is 24.0 Å². The smallest absolute Gasteiger partial charge is 0.0196 e. The average molecular weight is 153 g/mol. The molecule has 64 valence electrons. The lowest BCUT2D eigenvalue weighted by molar-refractivity contribution is 0.439. The summed E-state index contributed by atoms with van der Waals surface area (Å²) in [6, 6.07) is 0. The third-order valence-electron chi connectivity index (χ3n) is 1.95. The molecule has 0 atom stereocenters. The normalized spacial score (nSPS) is 11.5. The van der Waals surface area contributed by atoms with E-state index in [2.05, 4.69) is 45.2 Å². The predicted molar refractivity (Wildman–Crippen MR) is 51.2 cm³/mol. The van der Waals surface area contributed by atoms with Gasteiger partial charge in [-0.3, -0.25) is 0 Å². The summed E-state index contributed by atoms with van der Waals surface area (Å²) in [6.45, 7) is 13.5. The van der Waals surface area contributed by atoms with Crippen LogP contribution in [0.5, 0.6) is 0 Å². The molecule has 0 rings (SSSR count). The Morgan fingerprint density at radius 1 is 1.45 bits per heavy atom. The fourth-order valence-corrected chi connectivity index (χ4v) is 1.07. The fourth-order valence-electron chi connectivity index (χ4n) is 1.07. The Morgan fingerprint density at radius 3 is 2.27 bits per heavy atom. The van der Waals surface area contributed by atoms with Gasteiger partial charge in [0, 0.05) is 17.9 Å². The van der Waals surface area contributed by atoms with Gasteiger partial charge >= 0.3 is 0 Å². The number of rotatable bonds is 4. The predicted octanol–water partition coefficient (Wildman–Crippen LogP) is 3.16. The number of hydrogen-bond donors (Lipinski definition) is 0. The second-order valence-corrected chi connectivity index (χ2v) is 2.59. The van der Waals surface area contributed by atoms with Gasteiger partial charge in [-0.2, -0.15) is 0 Å². The summed E-state index contributed by atoms with van der Waals surface area (Å²) in [4.78, 5) is 2.24. The summed E-state index contributed by atoms with van der Waals surface area (Å²) in [6.07, 6.45) is 3.14. The second-order valence-electron chi connectivity index (χ2n) is 2.59. The van der Waals surface area contributed by atoms with Crippen LogP contribution < -0.4 is 0 Å². The molecular weight excluding hydrogens is 134 g/mol. The molecule has 0 spiro atoms. The zero-order valence-corrected chi connectivity index (χ0v) is 8.15. The lowest BCUT2D eigenvalue weighted by atomic mass is 10.3. The quantitative estimate of drug-likeness (QED) is 0.599. The molecule has 0 bridgehead atoms. The minimum absolute atomic E-state index is 1.02. The Labute approximate surface area is 70.4 Å². The van der Waals surface area contributed by atoms with Crippen LogP contribution in [-0.2, 0) is 0 Å². The third-order valence-corrected chi connectivity index (χ3v) is 1.95. The van der Waals surface area contributed by atoms with Crippen LogP contribution in [-0.4, -0.2) is 11.4 Å². The highest BCUT2D eigenvalue weighted by atomic mass is 15.1. The standard InChI is InChI=1S/C10H19N/c1-6-9(4)11(8-3)10(5)7-2/h7H,4,6,8H2,1-3,5H3. The Morgan fingerprint density at radius 2 is 2.00 bits per heavy atom. The van der Waals surface area contributed by atoms with Crippen molar-refractivity contribution in [1.29, 1.82) is 0 Å². The van der Waals surface area contributed by atoms with Crippen molar-refractivity contribution in [1.82, 2.24) is 4.90 Å². The first kappa shape index (κ1) is 10.3. The van der Waals surface area contributed by atoms with Gasteiger partial charge in [-0.1, -0.05) is 19.6 Å². The molecule has 0 amide bonds. The van der Waals surface area contributed by atoms with Crippen LogP contribution in [0, 0.1) is 0 Å². The van der Waals surface area contributed by atoms with Gasteiger partial charge < -0.3 is 4.90 Å². The average Bonchev–Trinajstić information content (AvgIpc) is 2.05. The topological polar surface area (TPSA) is 3.24 Å². The van der Waals surface area contributed by atoms with Gasteiger partial charge in [0.25, 0.3) is 0 Å². The Bertz CT molecular complexity index is 156. The summed E-state index contributed by atoms with van der Waals surface area (Å²) in [5.74, 6) is 0. The molecule has 0 aromatic rings. The molecule has 0 N–H and O–H groups in total.